The lowest BCUT2D eigenvalue weighted by Crippen LogP contribution is -2.44. The zero-order chi connectivity index (χ0) is 18.8. The summed E-state index contributed by atoms with van der Waals surface area (Å²) in [6, 6.07) is 13.3. The molecule has 0 radical (unpaired) electrons. The van der Waals surface area contributed by atoms with Gasteiger partial charge < -0.3 is 20.3 Å². The molecule has 4 rings (SSSR count). The van der Waals surface area contributed by atoms with Gasteiger partial charge in [-0.05, 0) is 55.2 Å². The standard InChI is InChI=1S/C21H23N3O3/c1-27-16-7-4-14(5-8-16)10-11-22-20(25)15-6-9-18-17(13-15)23-21(26)19-3-2-12-24(18)19/h4-9,13,19H,2-3,10-12H2,1H3,(H,22,25)(H,23,26). The van der Waals surface area contributed by atoms with Gasteiger partial charge in [-0.2, -0.15) is 0 Å². The average Bonchev–Trinajstić information content (AvgIpc) is 3.19. The third kappa shape index (κ3) is 3.47. The summed E-state index contributed by atoms with van der Waals surface area (Å²) < 4.78 is 5.15. The number of carbonyl (C=O) groups excluding carboxylic acids is 2. The molecule has 1 atom stereocenters. The molecule has 0 saturated carbocycles. The van der Waals surface area contributed by atoms with Crippen LogP contribution in [0.4, 0.5) is 11.4 Å². The van der Waals surface area contributed by atoms with E-state index in [0.717, 1.165) is 48.5 Å². The Labute approximate surface area is 158 Å². The van der Waals surface area contributed by atoms with Crippen LogP contribution in [0.25, 0.3) is 0 Å². The second kappa shape index (κ2) is 7.31. The van der Waals surface area contributed by atoms with Crippen LogP contribution >= 0.6 is 0 Å². The predicted molar refractivity (Wildman–Crippen MR) is 104 cm³/mol. The van der Waals surface area contributed by atoms with Gasteiger partial charge in [-0.25, -0.2) is 0 Å². The summed E-state index contributed by atoms with van der Waals surface area (Å²) >= 11 is 0. The van der Waals surface area contributed by atoms with Crippen molar-refractivity contribution in [3.63, 3.8) is 0 Å². The molecule has 2 heterocycles. The number of rotatable bonds is 5. The monoisotopic (exact) mass is 365 g/mol. The van der Waals surface area contributed by atoms with Crippen molar-refractivity contribution in [2.75, 3.05) is 30.4 Å². The fraction of sp³-hybridized carbons (Fsp3) is 0.333. The predicted octanol–water partition coefficient (Wildman–Crippen LogP) is 2.59. The van der Waals surface area contributed by atoms with Gasteiger partial charge in [0.15, 0.2) is 0 Å². The quantitative estimate of drug-likeness (QED) is 0.854. The smallest absolute Gasteiger partial charge is 0.251 e. The van der Waals surface area contributed by atoms with Crippen molar-refractivity contribution in [1.29, 1.82) is 0 Å². The Kier molecular flexibility index (Phi) is 4.71. The first-order chi connectivity index (χ1) is 13.2. The van der Waals surface area contributed by atoms with Crippen molar-refractivity contribution < 1.29 is 14.3 Å². The minimum Gasteiger partial charge on any atom is -0.497 e. The maximum atomic E-state index is 12.5. The number of amides is 2. The van der Waals surface area contributed by atoms with E-state index in [-0.39, 0.29) is 17.9 Å². The Morgan fingerprint density at radius 2 is 2.07 bits per heavy atom. The van der Waals surface area contributed by atoms with Crippen molar-refractivity contribution in [1.82, 2.24) is 5.32 Å². The summed E-state index contributed by atoms with van der Waals surface area (Å²) in [5.74, 6) is 0.709. The first kappa shape index (κ1) is 17.4. The van der Waals surface area contributed by atoms with E-state index in [1.165, 1.54) is 0 Å². The van der Waals surface area contributed by atoms with Gasteiger partial charge in [0, 0.05) is 18.7 Å². The summed E-state index contributed by atoms with van der Waals surface area (Å²) in [6.07, 6.45) is 2.65. The van der Waals surface area contributed by atoms with Crippen LogP contribution in [0.15, 0.2) is 42.5 Å². The molecule has 1 saturated heterocycles. The molecule has 140 valence electrons. The average molecular weight is 365 g/mol. The van der Waals surface area contributed by atoms with Crippen LogP contribution in [0.1, 0.15) is 28.8 Å². The van der Waals surface area contributed by atoms with E-state index >= 15 is 0 Å². The maximum Gasteiger partial charge on any atom is 0.251 e. The lowest BCUT2D eigenvalue weighted by molar-refractivity contribution is -0.117. The second-order valence-electron chi connectivity index (χ2n) is 6.93. The van der Waals surface area contributed by atoms with E-state index in [4.69, 9.17) is 4.74 Å². The molecule has 6 heteroatoms. The van der Waals surface area contributed by atoms with Crippen LogP contribution in [-0.2, 0) is 11.2 Å². The largest absolute Gasteiger partial charge is 0.497 e. The zero-order valence-electron chi connectivity index (χ0n) is 15.3. The highest BCUT2D eigenvalue weighted by molar-refractivity contribution is 6.06. The molecule has 1 unspecified atom stereocenters. The first-order valence-corrected chi connectivity index (χ1v) is 9.28. The molecule has 2 aromatic carbocycles. The minimum atomic E-state index is -0.135. The number of ether oxygens (including phenoxy) is 1. The molecule has 2 aliphatic rings. The number of fused-ring (bicyclic) bond motifs is 3. The van der Waals surface area contributed by atoms with Crippen LogP contribution in [-0.4, -0.2) is 38.1 Å². The maximum absolute atomic E-state index is 12.5. The Hall–Kier alpha value is -3.02. The van der Waals surface area contributed by atoms with Crippen molar-refractivity contribution >= 4 is 23.2 Å². The van der Waals surface area contributed by atoms with Crippen LogP contribution in [0.3, 0.4) is 0 Å². The molecule has 0 spiro atoms. The van der Waals surface area contributed by atoms with Crippen LogP contribution in [0.5, 0.6) is 5.75 Å². The molecule has 0 aromatic heterocycles. The highest BCUT2D eigenvalue weighted by Gasteiger charge is 2.36. The highest BCUT2D eigenvalue weighted by Crippen LogP contribution is 2.37. The van der Waals surface area contributed by atoms with E-state index < -0.39 is 0 Å². The molecule has 1 fully saturated rings. The number of nitrogens with zero attached hydrogens (tertiary/aromatic N) is 1. The number of carbonyl (C=O) groups is 2. The molecule has 6 nitrogen and oxygen atoms in total. The van der Waals surface area contributed by atoms with Gasteiger partial charge in [-0.1, -0.05) is 12.1 Å². The number of nitrogens with one attached hydrogen (secondary N) is 2. The molecule has 0 aliphatic carbocycles. The number of hydrogen-bond acceptors (Lipinski definition) is 4. The molecular weight excluding hydrogens is 342 g/mol. The van der Waals surface area contributed by atoms with Gasteiger partial charge in [0.05, 0.1) is 18.5 Å². The van der Waals surface area contributed by atoms with Gasteiger partial charge in [-0.15, -0.1) is 0 Å². The summed E-state index contributed by atoms with van der Waals surface area (Å²) in [5, 5.41) is 5.89. The van der Waals surface area contributed by atoms with Gasteiger partial charge in [0.1, 0.15) is 11.8 Å². The fourth-order valence-corrected chi connectivity index (χ4v) is 3.79. The Balaban J connectivity index is 1.39. The summed E-state index contributed by atoms with van der Waals surface area (Å²) in [4.78, 5) is 26.8. The lowest BCUT2D eigenvalue weighted by atomic mass is 10.1. The summed E-state index contributed by atoms with van der Waals surface area (Å²) in [6.45, 7) is 1.43. The Morgan fingerprint density at radius 1 is 1.26 bits per heavy atom. The number of anilines is 2. The topological polar surface area (TPSA) is 70.7 Å². The number of hydrogen-bond donors (Lipinski definition) is 2. The Bertz CT molecular complexity index is 863. The summed E-state index contributed by atoms with van der Waals surface area (Å²) in [7, 11) is 1.64. The molecule has 0 bridgehead atoms. The van der Waals surface area contributed by atoms with Crippen molar-refractivity contribution in [3.05, 3.63) is 53.6 Å². The lowest BCUT2D eigenvalue weighted by Gasteiger charge is -2.33. The van der Waals surface area contributed by atoms with Crippen molar-refractivity contribution in [2.24, 2.45) is 0 Å². The van der Waals surface area contributed by atoms with Crippen LogP contribution < -0.4 is 20.3 Å². The molecule has 27 heavy (non-hydrogen) atoms. The Morgan fingerprint density at radius 3 is 2.85 bits per heavy atom. The van der Waals surface area contributed by atoms with Crippen LogP contribution in [0.2, 0.25) is 0 Å². The van der Waals surface area contributed by atoms with Gasteiger partial charge >= 0.3 is 0 Å². The van der Waals surface area contributed by atoms with E-state index in [1.807, 2.05) is 36.4 Å². The number of methoxy groups -OCH3 is 1. The van der Waals surface area contributed by atoms with Crippen LogP contribution in [0, 0.1) is 0 Å². The SMILES string of the molecule is COc1ccc(CCNC(=O)c2ccc3c(c2)NC(=O)C2CCCN32)cc1. The van der Waals surface area contributed by atoms with Gasteiger partial charge in [0.25, 0.3) is 5.91 Å². The molecule has 2 aromatic rings. The normalized spacial score (nSPS) is 17.7. The molecule has 2 N–H and O–H groups in total. The second-order valence-corrected chi connectivity index (χ2v) is 6.93. The first-order valence-electron chi connectivity index (χ1n) is 9.28. The van der Waals surface area contributed by atoms with Crippen molar-refractivity contribution in [2.45, 2.75) is 25.3 Å². The van der Waals surface area contributed by atoms with Gasteiger partial charge in [-0.3, -0.25) is 9.59 Å². The minimum absolute atomic E-state index is 0.0251. The van der Waals surface area contributed by atoms with E-state index in [9.17, 15) is 9.59 Å². The molecule has 2 amide bonds. The summed E-state index contributed by atoms with van der Waals surface area (Å²) in [5.41, 5.74) is 3.42. The molecule has 2 aliphatic heterocycles. The zero-order valence-corrected chi connectivity index (χ0v) is 15.3. The third-order valence-electron chi connectivity index (χ3n) is 5.24. The molecular formula is C21H23N3O3. The van der Waals surface area contributed by atoms with E-state index in [2.05, 4.69) is 15.5 Å². The van der Waals surface area contributed by atoms with Crippen molar-refractivity contribution in [3.8, 4) is 5.75 Å². The highest BCUT2D eigenvalue weighted by atomic mass is 16.5. The fourth-order valence-electron chi connectivity index (χ4n) is 3.79. The number of benzene rings is 2. The van der Waals surface area contributed by atoms with E-state index in [1.54, 1.807) is 13.2 Å². The van der Waals surface area contributed by atoms with Gasteiger partial charge in [0.2, 0.25) is 5.91 Å². The third-order valence-corrected chi connectivity index (χ3v) is 5.24. The van der Waals surface area contributed by atoms with E-state index in [0.29, 0.717) is 12.1 Å².